The number of carbonyl (C=O) groups excluding carboxylic acids is 1. The van der Waals surface area contributed by atoms with Crippen LogP contribution >= 0.6 is 0 Å². The Morgan fingerprint density at radius 3 is 2.46 bits per heavy atom. The summed E-state index contributed by atoms with van der Waals surface area (Å²) in [5, 5.41) is 2.51. The van der Waals surface area contributed by atoms with E-state index in [1.807, 2.05) is 6.07 Å². The van der Waals surface area contributed by atoms with Gasteiger partial charge in [0.15, 0.2) is 9.84 Å². The second-order valence-corrected chi connectivity index (χ2v) is 8.75. The van der Waals surface area contributed by atoms with E-state index >= 15 is 0 Å². The van der Waals surface area contributed by atoms with Crippen LogP contribution in [0.4, 0.5) is 0 Å². The van der Waals surface area contributed by atoms with E-state index in [4.69, 9.17) is 0 Å². The van der Waals surface area contributed by atoms with Crippen molar-refractivity contribution in [2.75, 3.05) is 24.6 Å². The van der Waals surface area contributed by atoms with Crippen molar-refractivity contribution in [1.82, 2.24) is 4.90 Å². The van der Waals surface area contributed by atoms with Gasteiger partial charge in [-0.25, -0.2) is 8.42 Å². The fourth-order valence-electron chi connectivity index (χ4n) is 3.43. The van der Waals surface area contributed by atoms with Crippen LogP contribution < -0.4 is 0 Å². The van der Waals surface area contributed by atoms with Crippen molar-refractivity contribution in [1.29, 1.82) is 0 Å². The lowest BCUT2D eigenvalue weighted by Gasteiger charge is -2.32. The van der Waals surface area contributed by atoms with E-state index in [-0.39, 0.29) is 17.4 Å². The number of rotatable bonds is 4. The number of amides is 1. The molecule has 2 aromatic rings. The van der Waals surface area contributed by atoms with Crippen LogP contribution in [0.3, 0.4) is 0 Å². The van der Waals surface area contributed by atoms with Gasteiger partial charge in [-0.3, -0.25) is 4.79 Å². The first-order chi connectivity index (χ1) is 11.5. The Bertz CT molecular complexity index is 831. The molecule has 4 nitrogen and oxygen atoms in total. The molecular weight excluding hydrogens is 322 g/mol. The Hall–Kier alpha value is -1.88. The number of likely N-dealkylation sites (tertiary alicyclic amines) is 1. The second-order valence-electron chi connectivity index (χ2n) is 6.40. The van der Waals surface area contributed by atoms with Gasteiger partial charge in [-0.1, -0.05) is 49.4 Å². The maximum Gasteiger partial charge on any atom is 0.237 e. The molecule has 0 saturated carbocycles. The number of fused-ring (bicyclic) bond motifs is 1. The Morgan fingerprint density at radius 2 is 1.75 bits per heavy atom. The maximum atomic E-state index is 12.2. The molecule has 1 aliphatic rings. The van der Waals surface area contributed by atoms with Crippen molar-refractivity contribution < 1.29 is 13.2 Å². The monoisotopic (exact) mass is 345 g/mol. The zero-order valence-electron chi connectivity index (χ0n) is 13.9. The van der Waals surface area contributed by atoms with Crippen LogP contribution in [-0.4, -0.2) is 43.8 Å². The lowest BCUT2D eigenvalue weighted by molar-refractivity contribution is -0.129. The van der Waals surface area contributed by atoms with E-state index in [9.17, 15) is 13.2 Å². The summed E-state index contributed by atoms with van der Waals surface area (Å²) in [4.78, 5) is 13.9. The summed E-state index contributed by atoms with van der Waals surface area (Å²) < 4.78 is 23.3. The van der Waals surface area contributed by atoms with Crippen molar-refractivity contribution in [2.45, 2.75) is 25.7 Å². The Morgan fingerprint density at radius 1 is 1.08 bits per heavy atom. The van der Waals surface area contributed by atoms with Crippen molar-refractivity contribution in [3.8, 4) is 0 Å². The van der Waals surface area contributed by atoms with Crippen LogP contribution in [0.5, 0.6) is 0 Å². The van der Waals surface area contributed by atoms with Crippen molar-refractivity contribution in [2.24, 2.45) is 0 Å². The molecule has 2 aromatic carbocycles. The molecular formula is C19H23NO3S. The van der Waals surface area contributed by atoms with E-state index in [1.165, 1.54) is 16.3 Å². The molecule has 0 aliphatic carbocycles. The zero-order chi connectivity index (χ0) is 17.2. The lowest BCUT2D eigenvalue weighted by Crippen LogP contribution is -2.41. The van der Waals surface area contributed by atoms with E-state index in [0.29, 0.717) is 19.0 Å². The minimum absolute atomic E-state index is 0.0191. The predicted octanol–water partition coefficient (Wildman–Crippen LogP) is 2.98. The lowest BCUT2D eigenvalue weighted by atomic mass is 9.86. The molecule has 128 valence electrons. The molecule has 0 unspecified atom stereocenters. The molecule has 0 aromatic heterocycles. The van der Waals surface area contributed by atoms with Crippen LogP contribution in [-0.2, 0) is 14.6 Å². The largest absolute Gasteiger partial charge is 0.342 e. The van der Waals surface area contributed by atoms with Gasteiger partial charge in [0.25, 0.3) is 0 Å². The molecule has 1 fully saturated rings. The van der Waals surface area contributed by atoms with Gasteiger partial charge in [-0.2, -0.15) is 0 Å². The highest BCUT2D eigenvalue weighted by molar-refractivity contribution is 7.92. The highest BCUT2D eigenvalue weighted by atomic mass is 32.2. The number of carbonyl (C=O) groups is 1. The number of piperidine rings is 1. The summed E-state index contributed by atoms with van der Waals surface area (Å²) in [7, 11) is -3.25. The number of sulfone groups is 1. The highest BCUT2D eigenvalue weighted by Crippen LogP contribution is 2.33. The third-order valence-electron chi connectivity index (χ3n) is 4.89. The van der Waals surface area contributed by atoms with Gasteiger partial charge in [0.2, 0.25) is 5.91 Å². The summed E-state index contributed by atoms with van der Waals surface area (Å²) in [5.41, 5.74) is 1.33. The highest BCUT2D eigenvalue weighted by Gasteiger charge is 2.26. The van der Waals surface area contributed by atoms with E-state index in [1.54, 1.807) is 11.8 Å². The van der Waals surface area contributed by atoms with Gasteiger partial charge < -0.3 is 4.90 Å². The Kier molecular flexibility index (Phi) is 4.90. The van der Waals surface area contributed by atoms with Gasteiger partial charge >= 0.3 is 0 Å². The van der Waals surface area contributed by atoms with Crippen molar-refractivity contribution in [3.05, 3.63) is 48.0 Å². The summed E-state index contributed by atoms with van der Waals surface area (Å²) in [6.07, 6.45) is 1.76. The van der Waals surface area contributed by atoms with Crippen molar-refractivity contribution in [3.63, 3.8) is 0 Å². The van der Waals surface area contributed by atoms with Crippen LogP contribution in [0.1, 0.15) is 31.2 Å². The summed E-state index contributed by atoms with van der Waals surface area (Å²) in [6, 6.07) is 14.7. The molecule has 1 aliphatic heterocycles. The molecule has 0 radical (unpaired) electrons. The predicted molar refractivity (Wildman–Crippen MR) is 96.8 cm³/mol. The Labute approximate surface area is 143 Å². The van der Waals surface area contributed by atoms with Gasteiger partial charge in [0, 0.05) is 18.8 Å². The maximum absolute atomic E-state index is 12.2. The number of benzene rings is 2. The molecule has 3 rings (SSSR count). The topological polar surface area (TPSA) is 54.5 Å². The zero-order valence-corrected chi connectivity index (χ0v) is 14.8. The van der Waals surface area contributed by atoms with Gasteiger partial charge in [-0.05, 0) is 35.1 Å². The standard InChI is InChI=1S/C19H23NO3S/c1-2-24(22,23)14-19(21)20-12-10-16(11-13-20)18-9-5-7-15-6-3-4-8-17(15)18/h3-9,16H,2,10-14H2,1H3. The van der Waals surface area contributed by atoms with E-state index < -0.39 is 9.84 Å². The van der Waals surface area contributed by atoms with E-state index in [0.717, 1.165) is 12.8 Å². The quantitative estimate of drug-likeness (QED) is 0.856. The van der Waals surface area contributed by atoms with Crippen LogP contribution in [0.25, 0.3) is 10.8 Å². The third-order valence-corrected chi connectivity index (χ3v) is 6.46. The normalized spacial score (nSPS) is 16.5. The van der Waals surface area contributed by atoms with Crippen LogP contribution in [0.2, 0.25) is 0 Å². The first-order valence-electron chi connectivity index (χ1n) is 8.46. The third kappa shape index (κ3) is 3.61. The molecule has 24 heavy (non-hydrogen) atoms. The molecule has 5 heteroatoms. The summed E-state index contributed by atoms with van der Waals surface area (Å²) in [6.45, 7) is 2.84. The fraction of sp³-hybridized carbons (Fsp3) is 0.421. The van der Waals surface area contributed by atoms with Gasteiger partial charge in [0.05, 0.1) is 0 Å². The second kappa shape index (κ2) is 6.93. The SMILES string of the molecule is CCS(=O)(=O)CC(=O)N1CCC(c2cccc3ccccc23)CC1. The molecule has 1 saturated heterocycles. The fourth-order valence-corrected chi connectivity index (χ4v) is 4.19. The van der Waals surface area contributed by atoms with E-state index in [2.05, 4.69) is 36.4 Å². The number of hydrogen-bond donors (Lipinski definition) is 0. The van der Waals surface area contributed by atoms with Crippen LogP contribution in [0, 0.1) is 0 Å². The average Bonchev–Trinajstić information content (AvgIpc) is 2.61. The number of nitrogens with zero attached hydrogens (tertiary/aromatic N) is 1. The molecule has 0 spiro atoms. The van der Waals surface area contributed by atoms with Gasteiger partial charge in [-0.15, -0.1) is 0 Å². The Balaban J connectivity index is 1.70. The number of hydrogen-bond acceptors (Lipinski definition) is 3. The summed E-state index contributed by atoms with van der Waals surface area (Å²) in [5.74, 6) is -0.177. The first-order valence-corrected chi connectivity index (χ1v) is 10.3. The summed E-state index contributed by atoms with van der Waals surface area (Å²) >= 11 is 0. The first kappa shape index (κ1) is 17.0. The smallest absolute Gasteiger partial charge is 0.237 e. The van der Waals surface area contributed by atoms with Crippen molar-refractivity contribution >= 4 is 26.5 Å². The molecule has 0 bridgehead atoms. The molecule has 1 amide bonds. The molecule has 0 atom stereocenters. The average molecular weight is 345 g/mol. The molecule has 1 heterocycles. The minimum atomic E-state index is -3.25. The minimum Gasteiger partial charge on any atom is -0.342 e. The van der Waals surface area contributed by atoms with Crippen LogP contribution in [0.15, 0.2) is 42.5 Å². The molecule has 0 N–H and O–H groups in total. The van der Waals surface area contributed by atoms with Gasteiger partial charge in [0.1, 0.15) is 5.75 Å².